The van der Waals surface area contributed by atoms with Crippen molar-refractivity contribution in [2.75, 3.05) is 5.32 Å². The minimum absolute atomic E-state index is 0.419. The second kappa shape index (κ2) is 9.90. The van der Waals surface area contributed by atoms with Gasteiger partial charge < -0.3 is 5.32 Å². The Morgan fingerprint density at radius 1 is 0.381 bits per heavy atom. The van der Waals surface area contributed by atoms with Crippen molar-refractivity contribution in [3.63, 3.8) is 0 Å². The Bertz CT molecular complexity index is 2000. The van der Waals surface area contributed by atoms with E-state index in [0.717, 1.165) is 11.4 Å². The zero-order chi connectivity index (χ0) is 27.9. The van der Waals surface area contributed by atoms with E-state index >= 15 is 0 Å². The summed E-state index contributed by atoms with van der Waals surface area (Å²) in [7, 11) is 0. The van der Waals surface area contributed by atoms with Crippen LogP contribution in [0.15, 0.2) is 170 Å². The van der Waals surface area contributed by atoms with Crippen molar-refractivity contribution in [2.24, 2.45) is 0 Å². The van der Waals surface area contributed by atoms with Gasteiger partial charge in [0, 0.05) is 16.9 Å². The first-order chi connectivity index (χ1) is 20.8. The number of benzene rings is 7. The molecule has 0 fully saturated rings. The number of nitrogens with one attached hydrogen (secondary N) is 1. The number of anilines is 2. The van der Waals surface area contributed by atoms with Crippen LogP contribution in [0.25, 0.3) is 33.0 Å². The summed E-state index contributed by atoms with van der Waals surface area (Å²) in [6.07, 6.45) is 0. The summed E-state index contributed by atoms with van der Waals surface area (Å²) in [6, 6.07) is 61.5. The van der Waals surface area contributed by atoms with E-state index in [-0.39, 0.29) is 0 Å². The zero-order valence-corrected chi connectivity index (χ0v) is 23.2. The number of hydrogen-bond acceptors (Lipinski definition) is 1. The molecule has 0 radical (unpaired) electrons. The molecule has 0 amide bonds. The molecule has 1 nitrogen and oxygen atoms in total. The largest absolute Gasteiger partial charge is 0.355 e. The van der Waals surface area contributed by atoms with E-state index in [4.69, 9.17) is 0 Å². The second-order valence-corrected chi connectivity index (χ2v) is 11.0. The summed E-state index contributed by atoms with van der Waals surface area (Å²) < 4.78 is 0. The molecule has 7 aromatic carbocycles. The number of rotatable bonds is 5. The smallest absolute Gasteiger partial charge is 0.0714 e. The van der Waals surface area contributed by atoms with E-state index in [2.05, 4.69) is 175 Å². The molecular weight excluding hydrogens is 506 g/mol. The highest BCUT2D eigenvalue weighted by Crippen LogP contribution is 2.56. The van der Waals surface area contributed by atoms with Crippen molar-refractivity contribution in [3.8, 4) is 22.3 Å². The fourth-order valence-corrected chi connectivity index (χ4v) is 6.88. The van der Waals surface area contributed by atoms with Gasteiger partial charge in [-0.2, -0.15) is 0 Å². The van der Waals surface area contributed by atoms with Crippen molar-refractivity contribution in [1.29, 1.82) is 0 Å². The van der Waals surface area contributed by atoms with E-state index in [1.807, 2.05) is 0 Å². The Morgan fingerprint density at radius 2 is 0.929 bits per heavy atom. The SMILES string of the molecule is c1ccc(-c2cc3ccccc3cc2Nc2ccc3c(c2)C(c2ccccc2)(c2ccccc2)c2ccccc2-3)cc1. The molecule has 0 unspecified atom stereocenters. The van der Waals surface area contributed by atoms with Crippen LogP contribution in [-0.2, 0) is 5.41 Å². The van der Waals surface area contributed by atoms with Gasteiger partial charge in [-0.3, -0.25) is 0 Å². The van der Waals surface area contributed by atoms with Gasteiger partial charge in [-0.05, 0) is 74.0 Å². The molecular formula is C41H29N. The highest BCUT2D eigenvalue weighted by molar-refractivity contribution is 5.96. The fourth-order valence-electron chi connectivity index (χ4n) is 6.88. The normalized spacial score (nSPS) is 13.0. The van der Waals surface area contributed by atoms with Gasteiger partial charge in [0.15, 0.2) is 0 Å². The Labute approximate surface area is 246 Å². The highest BCUT2D eigenvalue weighted by atomic mass is 14.9. The van der Waals surface area contributed by atoms with E-state index in [1.54, 1.807) is 0 Å². The van der Waals surface area contributed by atoms with Crippen LogP contribution in [0.1, 0.15) is 22.3 Å². The lowest BCUT2D eigenvalue weighted by atomic mass is 9.67. The van der Waals surface area contributed by atoms with Gasteiger partial charge >= 0.3 is 0 Å². The molecule has 1 aliphatic carbocycles. The summed E-state index contributed by atoms with van der Waals surface area (Å²) in [4.78, 5) is 0. The van der Waals surface area contributed by atoms with Gasteiger partial charge in [0.2, 0.25) is 0 Å². The Balaban J connectivity index is 1.35. The monoisotopic (exact) mass is 535 g/mol. The maximum absolute atomic E-state index is 3.86. The predicted molar refractivity (Wildman–Crippen MR) is 176 cm³/mol. The summed E-state index contributed by atoms with van der Waals surface area (Å²) in [5.74, 6) is 0. The lowest BCUT2D eigenvalue weighted by Crippen LogP contribution is -2.28. The van der Waals surface area contributed by atoms with E-state index < -0.39 is 5.41 Å². The van der Waals surface area contributed by atoms with Crippen LogP contribution < -0.4 is 5.32 Å². The summed E-state index contributed by atoms with van der Waals surface area (Å²) in [5.41, 5.74) is 11.9. The Morgan fingerprint density at radius 3 is 1.62 bits per heavy atom. The number of fused-ring (bicyclic) bond motifs is 4. The maximum Gasteiger partial charge on any atom is 0.0714 e. The van der Waals surface area contributed by atoms with Gasteiger partial charge in [0.1, 0.15) is 0 Å². The minimum atomic E-state index is -0.419. The average molecular weight is 536 g/mol. The van der Waals surface area contributed by atoms with Gasteiger partial charge in [-0.25, -0.2) is 0 Å². The second-order valence-electron chi connectivity index (χ2n) is 11.0. The first-order valence-corrected chi connectivity index (χ1v) is 14.5. The Kier molecular flexibility index (Phi) is 5.75. The molecule has 1 aliphatic rings. The molecule has 1 N–H and O–H groups in total. The maximum atomic E-state index is 3.86. The molecule has 0 saturated heterocycles. The fraction of sp³-hybridized carbons (Fsp3) is 0.0244. The van der Waals surface area contributed by atoms with Crippen LogP contribution in [0.3, 0.4) is 0 Å². The minimum Gasteiger partial charge on any atom is -0.355 e. The van der Waals surface area contributed by atoms with Gasteiger partial charge in [-0.1, -0.05) is 146 Å². The first-order valence-electron chi connectivity index (χ1n) is 14.5. The molecule has 0 aromatic heterocycles. The average Bonchev–Trinajstić information content (AvgIpc) is 3.36. The topological polar surface area (TPSA) is 12.0 Å². The van der Waals surface area contributed by atoms with Gasteiger partial charge in [-0.15, -0.1) is 0 Å². The van der Waals surface area contributed by atoms with Crippen molar-refractivity contribution in [2.45, 2.75) is 5.41 Å². The molecule has 0 heterocycles. The van der Waals surface area contributed by atoms with Crippen molar-refractivity contribution in [1.82, 2.24) is 0 Å². The standard InChI is InChI=1S/C41H29N/c1-4-14-29(15-5-1)37-26-30-16-10-11-17-31(30)27-40(37)42-34-24-25-36-35-22-12-13-23-38(35)41(39(36)28-34,32-18-6-2-7-19-32)33-20-8-3-9-21-33/h1-28,42H. The van der Waals surface area contributed by atoms with Gasteiger partial charge in [0.05, 0.1) is 5.41 Å². The molecule has 0 saturated carbocycles. The van der Waals surface area contributed by atoms with Gasteiger partial charge in [0.25, 0.3) is 0 Å². The molecule has 7 aromatic rings. The molecule has 0 bridgehead atoms. The van der Waals surface area contributed by atoms with E-state index in [0.29, 0.717) is 0 Å². The van der Waals surface area contributed by atoms with Crippen LogP contribution in [0.4, 0.5) is 11.4 Å². The molecule has 42 heavy (non-hydrogen) atoms. The summed E-state index contributed by atoms with van der Waals surface area (Å²) in [6.45, 7) is 0. The summed E-state index contributed by atoms with van der Waals surface area (Å²) >= 11 is 0. The highest BCUT2D eigenvalue weighted by Gasteiger charge is 2.46. The van der Waals surface area contributed by atoms with Crippen molar-refractivity contribution >= 4 is 22.1 Å². The molecule has 0 atom stereocenters. The van der Waals surface area contributed by atoms with E-state index in [1.165, 1.54) is 55.3 Å². The molecule has 8 rings (SSSR count). The number of hydrogen-bond donors (Lipinski definition) is 1. The first kappa shape index (κ1) is 24.4. The van der Waals surface area contributed by atoms with Crippen molar-refractivity contribution < 1.29 is 0 Å². The van der Waals surface area contributed by atoms with Crippen LogP contribution in [0, 0.1) is 0 Å². The predicted octanol–water partition coefficient (Wildman–Crippen LogP) is 10.6. The van der Waals surface area contributed by atoms with Crippen LogP contribution in [0.2, 0.25) is 0 Å². The third-order valence-electron chi connectivity index (χ3n) is 8.71. The quantitative estimate of drug-likeness (QED) is 0.231. The van der Waals surface area contributed by atoms with Crippen LogP contribution in [0.5, 0.6) is 0 Å². The summed E-state index contributed by atoms with van der Waals surface area (Å²) in [5, 5.41) is 6.31. The third kappa shape index (κ3) is 3.78. The molecule has 0 spiro atoms. The van der Waals surface area contributed by atoms with Crippen LogP contribution >= 0.6 is 0 Å². The Hall–Kier alpha value is -5.40. The lowest BCUT2D eigenvalue weighted by Gasteiger charge is -2.34. The molecule has 1 heteroatoms. The molecule has 0 aliphatic heterocycles. The molecule has 198 valence electrons. The third-order valence-corrected chi connectivity index (χ3v) is 8.71. The van der Waals surface area contributed by atoms with Crippen molar-refractivity contribution in [3.05, 3.63) is 192 Å². The lowest BCUT2D eigenvalue weighted by molar-refractivity contribution is 0.769. The zero-order valence-electron chi connectivity index (χ0n) is 23.2. The van der Waals surface area contributed by atoms with Crippen LogP contribution in [-0.4, -0.2) is 0 Å². The van der Waals surface area contributed by atoms with E-state index in [9.17, 15) is 0 Å².